The minimum Gasteiger partial charge on any atom is -0.478 e. The number of urea groups is 1. The minimum absolute atomic E-state index is 0.118. The summed E-state index contributed by atoms with van der Waals surface area (Å²) in [4.78, 5) is 26.8. The van der Waals surface area contributed by atoms with E-state index in [9.17, 15) is 14.7 Å². The number of fused-ring (bicyclic) bond motifs is 1. The highest BCUT2D eigenvalue weighted by Crippen LogP contribution is 2.37. The zero-order chi connectivity index (χ0) is 19.0. The van der Waals surface area contributed by atoms with Crippen LogP contribution < -0.4 is 5.32 Å². The van der Waals surface area contributed by atoms with Gasteiger partial charge in [-0.05, 0) is 28.8 Å². The average Bonchev–Trinajstić information content (AvgIpc) is 3.26. The number of nitrogens with one attached hydrogen (secondary N) is 1. The monoisotopic (exact) mass is 442 g/mol. The third-order valence-corrected chi connectivity index (χ3v) is 6.04. The van der Waals surface area contributed by atoms with Gasteiger partial charge in [-0.3, -0.25) is 0 Å². The van der Waals surface area contributed by atoms with E-state index in [0.29, 0.717) is 23.7 Å². The van der Waals surface area contributed by atoms with Crippen LogP contribution in [0.5, 0.6) is 0 Å². The van der Waals surface area contributed by atoms with E-state index < -0.39 is 5.97 Å². The Hall–Kier alpha value is -2.64. The number of carbonyl (C=O) groups is 2. The maximum atomic E-state index is 12.7. The first kappa shape index (κ1) is 17.8. The van der Waals surface area contributed by atoms with E-state index in [1.165, 1.54) is 11.3 Å². The number of carbonyl (C=O) groups excluding carboxylic acids is 1. The van der Waals surface area contributed by atoms with Crippen LogP contribution in [-0.4, -0.2) is 22.0 Å². The lowest BCUT2D eigenvalue weighted by Gasteiger charge is -2.16. The van der Waals surface area contributed by atoms with Crippen LogP contribution in [0.4, 0.5) is 10.5 Å². The highest BCUT2D eigenvalue weighted by atomic mass is 79.9. The highest BCUT2D eigenvalue weighted by Gasteiger charge is 2.26. The quantitative estimate of drug-likeness (QED) is 0.568. The predicted molar refractivity (Wildman–Crippen MR) is 109 cm³/mol. The molecule has 7 heteroatoms. The fourth-order valence-electron chi connectivity index (χ4n) is 3.15. The van der Waals surface area contributed by atoms with Gasteiger partial charge in [0.2, 0.25) is 0 Å². The second-order valence-corrected chi connectivity index (χ2v) is 8.02. The van der Waals surface area contributed by atoms with E-state index in [-0.39, 0.29) is 11.6 Å². The van der Waals surface area contributed by atoms with Crippen molar-refractivity contribution in [3.05, 3.63) is 75.1 Å². The van der Waals surface area contributed by atoms with Gasteiger partial charge in [-0.25, -0.2) is 9.59 Å². The lowest BCUT2D eigenvalue weighted by atomic mass is 10.1. The Morgan fingerprint density at radius 1 is 1.04 bits per heavy atom. The summed E-state index contributed by atoms with van der Waals surface area (Å²) in [6, 6.07) is 15.0. The summed E-state index contributed by atoms with van der Waals surface area (Å²) >= 11 is 4.68. The maximum Gasteiger partial charge on any atom is 0.339 e. The van der Waals surface area contributed by atoms with E-state index in [4.69, 9.17) is 0 Å². The molecule has 0 unspecified atom stereocenters. The lowest BCUT2D eigenvalue weighted by molar-refractivity contribution is 0.0699. The number of carboxylic acids is 1. The molecule has 0 aliphatic carbocycles. The van der Waals surface area contributed by atoms with Crippen molar-refractivity contribution in [1.82, 2.24) is 4.90 Å². The summed E-state index contributed by atoms with van der Waals surface area (Å²) in [5, 5.41) is 14.2. The zero-order valence-corrected chi connectivity index (χ0v) is 16.5. The molecule has 0 spiro atoms. The van der Waals surface area contributed by atoms with E-state index in [2.05, 4.69) is 21.2 Å². The molecule has 1 aliphatic heterocycles. The third-order valence-electron chi connectivity index (χ3n) is 4.48. The molecule has 1 aromatic heterocycles. The van der Waals surface area contributed by atoms with Crippen LogP contribution in [0.2, 0.25) is 0 Å². The first-order valence-electron chi connectivity index (χ1n) is 8.26. The Kier molecular flexibility index (Phi) is 4.72. The Morgan fingerprint density at radius 2 is 1.67 bits per heavy atom. The van der Waals surface area contributed by atoms with Crippen LogP contribution in [0.25, 0.3) is 10.4 Å². The molecule has 4 rings (SSSR count). The number of anilines is 1. The minimum atomic E-state index is -1.06. The Morgan fingerprint density at radius 3 is 2.26 bits per heavy atom. The van der Waals surface area contributed by atoms with E-state index in [1.807, 2.05) is 48.5 Å². The van der Waals surface area contributed by atoms with Crippen molar-refractivity contribution in [3.8, 4) is 10.4 Å². The summed E-state index contributed by atoms with van der Waals surface area (Å²) < 4.78 is 0.918. The van der Waals surface area contributed by atoms with Crippen molar-refractivity contribution in [2.75, 3.05) is 5.32 Å². The molecule has 2 amide bonds. The molecule has 0 atom stereocenters. The summed E-state index contributed by atoms with van der Waals surface area (Å²) in [7, 11) is 0. The van der Waals surface area contributed by atoms with Gasteiger partial charge in [0.1, 0.15) is 5.56 Å². The number of hydrogen-bond acceptors (Lipinski definition) is 3. The Labute approximate surface area is 168 Å². The first-order valence-corrected chi connectivity index (χ1v) is 9.93. The zero-order valence-electron chi connectivity index (χ0n) is 14.1. The number of aromatic carboxylic acids is 1. The second-order valence-electron chi connectivity index (χ2n) is 6.22. The SMILES string of the molecule is O=C(O)c1c(NC(=O)N2Cc3ccccc3C2)csc1-c1ccc(Br)cc1. The van der Waals surface area contributed by atoms with Crippen molar-refractivity contribution in [1.29, 1.82) is 0 Å². The van der Waals surface area contributed by atoms with Gasteiger partial charge in [0.15, 0.2) is 0 Å². The lowest BCUT2D eigenvalue weighted by Crippen LogP contribution is -2.30. The molecule has 3 aromatic rings. The molecule has 0 bridgehead atoms. The number of amides is 2. The van der Waals surface area contributed by atoms with Crippen molar-refractivity contribution in [2.24, 2.45) is 0 Å². The second kappa shape index (κ2) is 7.17. The summed E-state index contributed by atoms with van der Waals surface area (Å²) in [5.74, 6) is -1.06. The van der Waals surface area contributed by atoms with Crippen LogP contribution in [0, 0.1) is 0 Å². The molecule has 0 saturated heterocycles. The van der Waals surface area contributed by atoms with E-state index >= 15 is 0 Å². The topological polar surface area (TPSA) is 69.6 Å². The van der Waals surface area contributed by atoms with Crippen LogP contribution >= 0.6 is 27.3 Å². The van der Waals surface area contributed by atoms with Crippen molar-refractivity contribution in [3.63, 3.8) is 0 Å². The first-order chi connectivity index (χ1) is 13.0. The van der Waals surface area contributed by atoms with Gasteiger partial charge in [0, 0.05) is 22.9 Å². The molecule has 136 valence electrons. The van der Waals surface area contributed by atoms with Gasteiger partial charge in [-0.1, -0.05) is 52.3 Å². The van der Waals surface area contributed by atoms with Crippen LogP contribution in [0.15, 0.2) is 58.4 Å². The third kappa shape index (κ3) is 3.48. The van der Waals surface area contributed by atoms with E-state index in [0.717, 1.165) is 21.2 Å². The molecule has 0 saturated carbocycles. The van der Waals surface area contributed by atoms with Crippen LogP contribution in [0.1, 0.15) is 21.5 Å². The number of halogens is 1. The number of thiophene rings is 1. The highest BCUT2D eigenvalue weighted by molar-refractivity contribution is 9.10. The molecule has 0 fully saturated rings. The molecule has 2 N–H and O–H groups in total. The van der Waals surface area contributed by atoms with Gasteiger partial charge >= 0.3 is 12.0 Å². The Bertz CT molecular complexity index is 1000. The van der Waals surface area contributed by atoms with Crippen molar-refractivity contribution < 1.29 is 14.7 Å². The Balaban J connectivity index is 1.58. The average molecular weight is 443 g/mol. The van der Waals surface area contributed by atoms with E-state index in [1.54, 1.807) is 10.3 Å². The molecular formula is C20H15BrN2O3S. The molecular weight excluding hydrogens is 428 g/mol. The predicted octanol–water partition coefficient (Wildman–Crippen LogP) is 5.42. The number of rotatable bonds is 3. The van der Waals surface area contributed by atoms with Crippen LogP contribution in [0.3, 0.4) is 0 Å². The summed E-state index contributed by atoms with van der Waals surface area (Å²) in [5.41, 5.74) is 3.48. The molecule has 0 radical (unpaired) electrons. The van der Waals surface area contributed by atoms with Gasteiger partial charge in [-0.15, -0.1) is 11.3 Å². The smallest absolute Gasteiger partial charge is 0.339 e. The number of carboxylic acid groups (broad SMARTS) is 1. The largest absolute Gasteiger partial charge is 0.478 e. The summed E-state index contributed by atoms with van der Waals surface area (Å²) in [6.07, 6.45) is 0. The van der Waals surface area contributed by atoms with Crippen molar-refractivity contribution in [2.45, 2.75) is 13.1 Å². The van der Waals surface area contributed by atoms with Gasteiger partial charge < -0.3 is 15.3 Å². The maximum absolute atomic E-state index is 12.7. The normalized spacial score (nSPS) is 12.7. The molecule has 2 heterocycles. The number of benzene rings is 2. The van der Waals surface area contributed by atoms with Crippen molar-refractivity contribution >= 4 is 45.0 Å². The molecule has 2 aromatic carbocycles. The molecule has 1 aliphatic rings. The molecule has 27 heavy (non-hydrogen) atoms. The number of hydrogen-bond donors (Lipinski definition) is 2. The van der Waals surface area contributed by atoms with Gasteiger partial charge in [0.05, 0.1) is 10.6 Å². The standard InChI is InChI=1S/C20H15BrN2O3S/c21-15-7-5-12(6-8-15)18-17(19(24)25)16(11-27-18)22-20(26)23-9-13-3-1-2-4-14(13)10-23/h1-8,11H,9-10H2,(H,22,26)(H,24,25). The van der Waals surface area contributed by atoms with Gasteiger partial charge in [-0.2, -0.15) is 0 Å². The van der Waals surface area contributed by atoms with Crippen LogP contribution in [-0.2, 0) is 13.1 Å². The number of nitrogens with zero attached hydrogens (tertiary/aromatic N) is 1. The summed E-state index contributed by atoms with van der Waals surface area (Å²) in [6.45, 7) is 1.04. The molecule has 5 nitrogen and oxygen atoms in total. The van der Waals surface area contributed by atoms with Gasteiger partial charge in [0.25, 0.3) is 0 Å². The fraction of sp³-hybridized carbons (Fsp3) is 0.100. The fourth-order valence-corrected chi connectivity index (χ4v) is 4.41.